The molecule has 62 valence electrons. The molecule has 1 aliphatic heterocycles. The number of aromatic nitrogens is 1. The monoisotopic (exact) mass is 181 g/mol. The number of fused-ring (bicyclic) bond motifs is 1. The average molecular weight is 182 g/mol. The van der Waals surface area contributed by atoms with Crippen LogP contribution in [0, 0.1) is 11.3 Å². The van der Waals surface area contributed by atoms with E-state index in [1.54, 1.807) is 6.20 Å². The maximum atomic E-state index is 8.66. The van der Waals surface area contributed by atoms with Crippen LogP contribution in [0.1, 0.15) is 11.3 Å². The van der Waals surface area contributed by atoms with E-state index in [4.69, 9.17) is 5.26 Å². The Kier molecular flexibility index (Phi) is 2.51. The average Bonchev–Trinajstić information content (AvgIpc) is 2.50. The first-order chi connectivity index (χ1) is 5.42. The van der Waals surface area contributed by atoms with Crippen molar-refractivity contribution in [3.63, 3.8) is 0 Å². The molecule has 0 fully saturated rings. The summed E-state index contributed by atoms with van der Waals surface area (Å²) in [6, 6.07) is 3.98. The Hall–Kier alpha value is -1.27. The first kappa shape index (κ1) is 8.82. The number of halogens is 1. The van der Waals surface area contributed by atoms with Gasteiger partial charge in [-0.05, 0) is 12.5 Å². The van der Waals surface area contributed by atoms with Crippen LogP contribution in [0.25, 0.3) is 0 Å². The van der Waals surface area contributed by atoms with E-state index in [0.29, 0.717) is 5.69 Å². The molecule has 0 bridgehead atoms. The number of pyridine rings is 1. The Bertz CT molecular complexity index is 330. The van der Waals surface area contributed by atoms with Crippen LogP contribution >= 0.6 is 12.4 Å². The molecule has 1 N–H and O–H groups in total. The highest BCUT2D eigenvalue weighted by molar-refractivity contribution is 5.85. The van der Waals surface area contributed by atoms with Crippen molar-refractivity contribution in [2.75, 3.05) is 11.9 Å². The van der Waals surface area contributed by atoms with Gasteiger partial charge in [-0.15, -0.1) is 12.4 Å². The van der Waals surface area contributed by atoms with Gasteiger partial charge in [0.05, 0.1) is 0 Å². The summed E-state index contributed by atoms with van der Waals surface area (Å²) >= 11 is 0. The smallest absolute Gasteiger partial charge is 0.145 e. The molecule has 2 heterocycles. The van der Waals surface area contributed by atoms with Gasteiger partial charge in [-0.3, -0.25) is 0 Å². The minimum Gasteiger partial charge on any atom is -0.384 e. The lowest BCUT2D eigenvalue weighted by atomic mass is 10.1. The van der Waals surface area contributed by atoms with Gasteiger partial charge in [-0.2, -0.15) is 5.26 Å². The van der Waals surface area contributed by atoms with Crippen LogP contribution in [-0.2, 0) is 6.42 Å². The van der Waals surface area contributed by atoms with Crippen LogP contribution in [0.5, 0.6) is 0 Å². The predicted molar refractivity (Wildman–Crippen MR) is 48.4 cm³/mol. The van der Waals surface area contributed by atoms with Gasteiger partial charge >= 0.3 is 0 Å². The largest absolute Gasteiger partial charge is 0.384 e. The van der Waals surface area contributed by atoms with Crippen molar-refractivity contribution < 1.29 is 0 Å². The van der Waals surface area contributed by atoms with E-state index in [1.165, 1.54) is 0 Å². The Balaban J connectivity index is 0.000000720. The molecule has 1 aromatic heterocycles. The summed E-state index contributed by atoms with van der Waals surface area (Å²) in [6.45, 7) is 0.926. The number of nitrogens with one attached hydrogen (secondary N) is 1. The van der Waals surface area contributed by atoms with Crippen LogP contribution in [-0.4, -0.2) is 11.5 Å². The third kappa shape index (κ3) is 1.21. The fraction of sp³-hybridized carbons (Fsp3) is 0.250. The number of hydrogen-bond acceptors (Lipinski definition) is 3. The Morgan fingerprint density at radius 2 is 2.42 bits per heavy atom. The number of anilines is 1. The van der Waals surface area contributed by atoms with Crippen LogP contribution in [0.3, 0.4) is 0 Å². The van der Waals surface area contributed by atoms with E-state index in [9.17, 15) is 0 Å². The highest BCUT2D eigenvalue weighted by Crippen LogP contribution is 2.22. The molecule has 0 saturated heterocycles. The maximum Gasteiger partial charge on any atom is 0.145 e. The van der Waals surface area contributed by atoms with Crippen molar-refractivity contribution in [3.8, 4) is 6.07 Å². The van der Waals surface area contributed by atoms with Gasteiger partial charge in [0, 0.05) is 24.0 Å². The maximum absolute atomic E-state index is 8.66. The molecule has 0 aromatic carbocycles. The minimum absolute atomic E-state index is 0. The molecule has 0 saturated carbocycles. The first-order valence-electron chi connectivity index (χ1n) is 3.53. The van der Waals surface area contributed by atoms with Crippen molar-refractivity contribution in [1.29, 1.82) is 5.26 Å². The van der Waals surface area contributed by atoms with Gasteiger partial charge in [-0.25, -0.2) is 4.98 Å². The van der Waals surface area contributed by atoms with E-state index >= 15 is 0 Å². The van der Waals surface area contributed by atoms with Gasteiger partial charge in [0.25, 0.3) is 0 Å². The summed E-state index contributed by atoms with van der Waals surface area (Å²) in [5.74, 6) is 0. The normalized spacial score (nSPS) is 12.2. The molecule has 1 aromatic rings. The zero-order valence-electron chi connectivity index (χ0n) is 6.37. The lowest BCUT2D eigenvalue weighted by Gasteiger charge is -1.97. The van der Waals surface area contributed by atoms with Crippen molar-refractivity contribution in [2.24, 2.45) is 0 Å². The molecular weight excluding hydrogens is 174 g/mol. The summed E-state index contributed by atoms with van der Waals surface area (Å²) in [5.41, 5.74) is 2.69. The highest BCUT2D eigenvalue weighted by Gasteiger charge is 2.13. The molecule has 0 unspecified atom stereocenters. The summed E-state index contributed by atoms with van der Waals surface area (Å²) in [6.07, 6.45) is 2.59. The fourth-order valence-corrected chi connectivity index (χ4v) is 1.33. The number of nitrogens with zero attached hydrogens (tertiary/aromatic N) is 2. The van der Waals surface area contributed by atoms with E-state index in [1.807, 2.05) is 6.07 Å². The zero-order chi connectivity index (χ0) is 7.68. The summed E-state index contributed by atoms with van der Waals surface area (Å²) in [5, 5.41) is 11.8. The Labute approximate surface area is 76.8 Å². The lowest BCUT2D eigenvalue weighted by Crippen LogP contribution is -1.90. The van der Waals surface area contributed by atoms with Gasteiger partial charge in [0.2, 0.25) is 0 Å². The van der Waals surface area contributed by atoms with E-state index in [-0.39, 0.29) is 12.4 Å². The topological polar surface area (TPSA) is 48.7 Å². The van der Waals surface area contributed by atoms with Gasteiger partial charge in [0.1, 0.15) is 11.8 Å². The molecule has 0 radical (unpaired) electrons. The van der Waals surface area contributed by atoms with Gasteiger partial charge < -0.3 is 5.32 Å². The lowest BCUT2D eigenvalue weighted by molar-refractivity contribution is 1.08. The van der Waals surface area contributed by atoms with Crippen molar-refractivity contribution >= 4 is 18.1 Å². The summed E-state index contributed by atoms with van der Waals surface area (Å²) in [4.78, 5) is 3.97. The molecular formula is C8H8ClN3. The standard InChI is InChI=1S/C8H7N3.ClH/c9-5-8-6-1-3-10-7(6)2-4-11-8;/h2,4,10H,1,3H2;1H. The van der Waals surface area contributed by atoms with E-state index in [2.05, 4.69) is 16.4 Å². The van der Waals surface area contributed by atoms with Gasteiger partial charge in [-0.1, -0.05) is 0 Å². The van der Waals surface area contributed by atoms with Crippen LogP contribution in [0.2, 0.25) is 0 Å². The van der Waals surface area contributed by atoms with E-state index in [0.717, 1.165) is 24.2 Å². The SMILES string of the molecule is Cl.N#Cc1nccc2c1CCN2. The Morgan fingerprint density at radius 1 is 1.58 bits per heavy atom. The number of nitriles is 1. The highest BCUT2D eigenvalue weighted by atomic mass is 35.5. The van der Waals surface area contributed by atoms with Crippen LogP contribution in [0.4, 0.5) is 5.69 Å². The van der Waals surface area contributed by atoms with Crippen LogP contribution in [0.15, 0.2) is 12.3 Å². The van der Waals surface area contributed by atoms with Crippen molar-refractivity contribution in [1.82, 2.24) is 4.98 Å². The third-order valence-corrected chi connectivity index (χ3v) is 1.85. The summed E-state index contributed by atoms with van der Waals surface area (Å²) in [7, 11) is 0. The predicted octanol–water partition coefficient (Wildman–Crippen LogP) is 1.34. The fourth-order valence-electron chi connectivity index (χ4n) is 1.33. The molecule has 2 rings (SSSR count). The first-order valence-corrected chi connectivity index (χ1v) is 3.53. The quantitative estimate of drug-likeness (QED) is 0.657. The second-order valence-electron chi connectivity index (χ2n) is 2.47. The molecule has 0 amide bonds. The molecule has 0 aliphatic carbocycles. The molecule has 1 aliphatic rings. The molecule has 3 nitrogen and oxygen atoms in total. The Morgan fingerprint density at radius 3 is 3.17 bits per heavy atom. The van der Waals surface area contributed by atoms with Gasteiger partial charge in [0.15, 0.2) is 0 Å². The van der Waals surface area contributed by atoms with Crippen molar-refractivity contribution in [3.05, 3.63) is 23.5 Å². The number of hydrogen-bond donors (Lipinski definition) is 1. The third-order valence-electron chi connectivity index (χ3n) is 1.85. The molecule has 0 atom stereocenters. The van der Waals surface area contributed by atoms with Crippen molar-refractivity contribution in [2.45, 2.75) is 6.42 Å². The number of rotatable bonds is 0. The summed E-state index contributed by atoms with van der Waals surface area (Å²) < 4.78 is 0. The molecule has 12 heavy (non-hydrogen) atoms. The molecule has 4 heteroatoms. The van der Waals surface area contributed by atoms with Crippen LogP contribution < -0.4 is 5.32 Å². The second-order valence-corrected chi connectivity index (χ2v) is 2.47. The van der Waals surface area contributed by atoms with E-state index < -0.39 is 0 Å². The molecule has 0 spiro atoms. The minimum atomic E-state index is 0. The zero-order valence-corrected chi connectivity index (χ0v) is 7.19. The second kappa shape index (κ2) is 3.42.